The summed E-state index contributed by atoms with van der Waals surface area (Å²) in [5.41, 5.74) is 9.63. The molecule has 6 rings (SSSR count). The number of nitrogens with one attached hydrogen (secondary N) is 1. The largest absolute Gasteiger partial charge is 1.00 e. The minimum absolute atomic E-state index is 0. The quantitative estimate of drug-likeness (QED) is 0.266. The number of aryl methyl sites for hydroxylation is 4. The van der Waals surface area contributed by atoms with Crippen LogP contribution in [0.5, 0.6) is 0 Å². The number of nitrogens with two attached hydrogens (primary N) is 1. The summed E-state index contributed by atoms with van der Waals surface area (Å²) >= 11 is 0. The maximum absolute atomic E-state index is 11.4. The molecule has 3 N–H and O–H groups in total. The van der Waals surface area contributed by atoms with E-state index in [1.165, 1.54) is 35.4 Å². The number of sulfonamides is 2. The van der Waals surface area contributed by atoms with Crippen molar-refractivity contribution in [1.29, 1.82) is 0 Å². The Kier molecular flexibility index (Phi) is 11.1. The molecule has 0 saturated heterocycles. The third-order valence-corrected chi connectivity index (χ3v) is 8.98. The van der Waals surface area contributed by atoms with Crippen LogP contribution in [0.1, 0.15) is 22.5 Å². The minimum atomic E-state index is -3.94. The number of hydrogen-bond acceptors (Lipinski definition) is 6. The Balaban J connectivity index is 0.000000208. The van der Waals surface area contributed by atoms with Gasteiger partial charge in [-0.3, -0.25) is 0 Å². The van der Waals surface area contributed by atoms with Gasteiger partial charge in [0, 0.05) is 16.0 Å². The van der Waals surface area contributed by atoms with E-state index in [9.17, 15) is 16.8 Å². The molecule has 0 atom stereocenters. The second kappa shape index (κ2) is 14.5. The van der Waals surface area contributed by atoms with Gasteiger partial charge in [-0.05, 0) is 88.4 Å². The third-order valence-electron chi connectivity index (χ3n) is 7.16. The molecule has 0 saturated carbocycles. The van der Waals surface area contributed by atoms with E-state index in [1.807, 2.05) is 88.4 Å². The Labute approximate surface area is 297 Å². The van der Waals surface area contributed by atoms with Gasteiger partial charge in [0.25, 0.3) is 0 Å². The Morgan fingerprint density at radius 2 is 0.894 bits per heavy atom. The second-order valence-electron chi connectivity index (χ2n) is 10.9. The number of nitrogens with zero attached hydrogens (tertiary/aromatic N) is 4. The monoisotopic (exact) mass is 676 g/mol. The molecule has 0 aliphatic rings. The first-order valence-corrected chi connectivity index (χ1v) is 17.2. The first-order valence-electron chi connectivity index (χ1n) is 14.2. The summed E-state index contributed by atoms with van der Waals surface area (Å²) in [6, 6.07) is 32.8. The van der Waals surface area contributed by atoms with E-state index in [4.69, 9.17) is 10.3 Å². The van der Waals surface area contributed by atoms with Crippen molar-refractivity contribution in [2.75, 3.05) is 0 Å². The zero-order valence-electron chi connectivity index (χ0n) is 26.7. The normalized spacial score (nSPS) is 11.4. The van der Waals surface area contributed by atoms with Gasteiger partial charge >= 0.3 is 29.6 Å². The Hall–Kier alpha value is -3.88. The summed E-state index contributed by atoms with van der Waals surface area (Å²) in [5.74, 6) is 0. The molecular weight excluding hydrogens is 644 g/mol. The van der Waals surface area contributed by atoms with Gasteiger partial charge in [-0.15, -0.1) is 0 Å². The SMILES string of the molecule is Cc1ccc(-c2cc(C)nn2-c2ccc(S(N)(=O)=O)cc2)cc1.Cc1ccc(-c2cc(C)nn2-c2ccc(S([NH-])(=O)=O)cc2)cc1.[Na+]. The number of hydrogen-bond donors (Lipinski definition) is 1. The van der Waals surface area contributed by atoms with E-state index in [-0.39, 0.29) is 39.3 Å². The van der Waals surface area contributed by atoms with Gasteiger partial charge in [0.15, 0.2) is 0 Å². The molecule has 236 valence electrons. The summed E-state index contributed by atoms with van der Waals surface area (Å²) in [7, 11) is -7.64. The first kappa shape index (κ1) is 36.0. The van der Waals surface area contributed by atoms with Crippen molar-refractivity contribution >= 4 is 20.0 Å². The van der Waals surface area contributed by atoms with E-state index in [2.05, 4.69) is 10.2 Å². The Morgan fingerprint density at radius 1 is 0.553 bits per heavy atom. The first-order chi connectivity index (χ1) is 21.7. The number of rotatable bonds is 6. The summed E-state index contributed by atoms with van der Waals surface area (Å²) < 4.78 is 48.8. The van der Waals surface area contributed by atoms with Gasteiger partial charge < -0.3 is 5.14 Å². The molecule has 0 spiro atoms. The maximum atomic E-state index is 11.4. The van der Waals surface area contributed by atoms with Crippen molar-refractivity contribution < 1.29 is 46.4 Å². The molecule has 0 amide bonds. The second-order valence-corrected chi connectivity index (χ2v) is 14.0. The van der Waals surface area contributed by atoms with Crippen LogP contribution in [0.3, 0.4) is 0 Å². The molecule has 4 aromatic carbocycles. The van der Waals surface area contributed by atoms with Crippen molar-refractivity contribution in [3.63, 3.8) is 0 Å². The zero-order chi connectivity index (χ0) is 33.2. The minimum Gasteiger partial charge on any atom is -0.560 e. The fourth-order valence-corrected chi connectivity index (χ4v) is 5.81. The Bertz CT molecular complexity index is 2050. The van der Waals surface area contributed by atoms with Gasteiger partial charge in [-0.25, -0.2) is 31.3 Å². The maximum Gasteiger partial charge on any atom is 1.00 e. The average Bonchev–Trinajstić information content (AvgIpc) is 3.60. The van der Waals surface area contributed by atoms with Crippen molar-refractivity contribution in [1.82, 2.24) is 19.6 Å². The van der Waals surface area contributed by atoms with Crippen LogP contribution in [-0.2, 0) is 20.0 Å². The molecule has 0 radical (unpaired) electrons. The van der Waals surface area contributed by atoms with Crippen LogP contribution in [0.2, 0.25) is 0 Å². The topological polar surface area (TPSA) is 154 Å². The number of primary sulfonamides is 1. The molecule has 10 nitrogen and oxygen atoms in total. The van der Waals surface area contributed by atoms with Crippen LogP contribution in [-0.4, -0.2) is 36.4 Å². The molecule has 0 aliphatic carbocycles. The molecule has 13 heteroatoms. The van der Waals surface area contributed by atoms with Crippen LogP contribution in [0.25, 0.3) is 39.0 Å². The van der Waals surface area contributed by atoms with Gasteiger partial charge in [-0.1, -0.05) is 59.7 Å². The van der Waals surface area contributed by atoms with Crippen molar-refractivity contribution in [3.8, 4) is 33.9 Å². The molecular formula is C34H33N6NaO4S2. The van der Waals surface area contributed by atoms with E-state index in [1.54, 1.807) is 33.6 Å². The van der Waals surface area contributed by atoms with Gasteiger partial charge in [0.1, 0.15) is 0 Å². The molecule has 0 unspecified atom stereocenters. The van der Waals surface area contributed by atoms with Crippen molar-refractivity contribution in [2.45, 2.75) is 37.5 Å². The van der Waals surface area contributed by atoms with E-state index in [0.717, 1.165) is 45.3 Å². The summed E-state index contributed by atoms with van der Waals surface area (Å²) in [6.07, 6.45) is 0. The van der Waals surface area contributed by atoms with Gasteiger partial charge in [0.05, 0.1) is 49.1 Å². The van der Waals surface area contributed by atoms with Crippen molar-refractivity contribution in [3.05, 3.63) is 137 Å². The van der Waals surface area contributed by atoms with E-state index < -0.39 is 20.0 Å². The smallest absolute Gasteiger partial charge is 0.560 e. The van der Waals surface area contributed by atoms with Gasteiger partial charge in [-0.2, -0.15) is 10.2 Å². The third kappa shape index (κ3) is 8.73. The average molecular weight is 677 g/mol. The molecule has 6 aromatic rings. The zero-order valence-corrected chi connectivity index (χ0v) is 30.3. The molecule has 2 aromatic heterocycles. The van der Waals surface area contributed by atoms with E-state index in [0.29, 0.717) is 0 Å². The molecule has 0 aliphatic heterocycles. The molecule has 47 heavy (non-hydrogen) atoms. The van der Waals surface area contributed by atoms with Crippen LogP contribution < -0.4 is 34.7 Å². The number of benzene rings is 4. The fourth-order valence-electron chi connectivity index (χ4n) is 4.80. The van der Waals surface area contributed by atoms with E-state index >= 15 is 0 Å². The fraction of sp³-hybridized carbons (Fsp3) is 0.118. The summed E-state index contributed by atoms with van der Waals surface area (Å²) in [6.45, 7) is 7.91. The predicted octanol–water partition coefficient (Wildman–Crippen LogP) is 3.70. The molecule has 0 bridgehead atoms. The predicted molar refractivity (Wildman–Crippen MR) is 180 cm³/mol. The summed E-state index contributed by atoms with van der Waals surface area (Å²) in [5, 5.41) is 21.2. The Morgan fingerprint density at radius 3 is 1.21 bits per heavy atom. The standard InChI is InChI=1S/C17H17N3O2S.C17H16N3O2S.Na/c2*1-12-3-5-14(6-4-12)17-11-13(2)19-20(17)15-7-9-16(10-8-15)23(18,21)22;/h3-11H,1-2H3,(H2,18,21,22);3-11H,1-2H3,(H-,18,21,22);/q;-1;+1. The number of aromatic nitrogens is 4. The van der Waals surface area contributed by atoms with Crippen molar-refractivity contribution in [2.24, 2.45) is 5.14 Å². The van der Waals surface area contributed by atoms with Gasteiger partial charge in [0.2, 0.25) is 10.0 Å². The van der Waals surface area contributed by atoms with Crippen LogP contribution in [0.15, 0.2) is 119 Å². The summed E-state index contributed by atoms with van der Waals surface area (Å²) in [4.78, 5) is 0.0593. The molecule has 2 heterocycles. The van der Waals surface area contributed by atoms with Crippen LogP contribution in [0.4, 0.5) is 0 Å². The van der Waals surface area contributed by atoms with Crippen LogP contribution >= 0.6 is 0 Å². The van der Waals surface area contributed by atoms with Crippen LogP contribution in [0, 0.1) is 27.7 Å². The molecule has 0 fully saturated rings.